The van der Waals surface area contributed by atoms with Gasteiger partial charge in [0.2, 0.25) is 5.89 Å². The van der Waals surface area contributed by atoms with E-state index in [4.69, 9.17) is 4.42 Å². The molecule has 1 N–H and O–H groups in total. The van der Waals surface area contributed by atoms with Gasteiger partial charge in [0.25, 0.3) is 0 Å². The van der Waals surface area contributed by atoms with Crippen LogP contribution in [-0.2, 0) is 16.4 Å². The summed E-state index contributed by atoms with van der Waals surface area (Å²) < 4.78 is 29.0. The summed E-state index contributed by atoms with van der Waals surface area (Å²) in [5.74, 6) is 0.567. The Morgan fingerprint density at radius 3 is 2.48 bits per heavy atom. The van der Waals surface area contributed by atoms with Crippen molar-refractivity contribution >= 4 is 20.9 Å². The Balaban J connectivity index is 1.78. The smallest absolute Gasteiger partial charge is 0.209 e. The number of aromatic nitrogens is 1. The lowest BCUT2D eigenvalue weighted by Crippen LogP contribution is -2.27. The Labute approximate surface area is 135 Å². The number of fused-ring (bicyclic) bond motifs is 1. The SMILES string of the molecule is CS(=O)(=O)C[C@H](NCc1nc2ccccc2o1)c1ccccc1. The van der Waals surface area contributed by atoms with Crippen LogP contribution in [0.3, 0.4) is 0 Å². The lowest BCUT2D eigenvalue weighted by molar-refractivity contribution is 0.465. The van der Waals surface area contributed by atoms with Crippen molar-refractivity contribution in [1.82, 2.24) is 10.3 Å². The number of sulfone groups is 1. The van der Waals surface area contributed by atoms with Gasteiger partial charge in [0, 0.05) is 12.3 Å². The van der Waals surface area contributed by atoms with Gasteiger partial charge in [-0.05, 0) is 17.7 Å². The molecule has 0 radical (unpaired) electrons. The summed E-state index contributed by atoms with van der Waals surface area (Å²) in [5, 5.41) is 3.23. The third-order valence-corrected chi connectivity index (χ3v) is 4.45. The van der Waals surface area contributed by atoms with E-state index in [1.54, 1.807) is 0 Å². The monoisotopic (exact) mass is 330 g/mol. The minimum Gasteiger partial charge on any atom is -0.439 e. The van der Waals surface area contributed by atoms with Crippen LogP contribution in [0.5, 0.6) is 0 Å². The first-order valence-electron chi connectivity index (χ1n) is 7.32. The molecule has 0 spiro atoms. The molecule has 0 aliphatic rings. The molecule has 23 heavy (non-hydrogen) atoms. The third-order valence-electron chi connectivity index (χ3n) is 3.51. The van der Waals surface area contributed by atoms with E-state index in [9.17, 15) is 8.42 Å². The molecule has 0 saturated carbocycles. The number of hydrogen-bond acceptors (Lipinski definition) is 5. The molecule has 3 aromatic rings. The first kappa shape index (κ1) is 15.7. The maximum Gasteiger partial charge on any atom is 0.209 e. The summed E-state index contributed by atoms with van der Waals surface area (Å²) in [7, 11) is -3.11. The zero-order chi connectivity index (χ0) is 16.3. The number of benzene rings is 2. The topological polar surface area (TPSA) is 72.2 Å². The van der Waals surface area contributed by atoms with Gasteiger partial charge in [-0.2, -0.15) is 0 Å². The Morgan fingerprint density at radius 1 is 1.09 bits per heavy atom. The summed E-state index contributed by atoms with van der Waals surface area (Å²) >= 11 is 0. The molecule has 2 aromatic carbocycles. The molecule has 0 fully saturated rings. The van der Waals surface area contributed by atoms with Gasteiger partial charge >= 0.3 is 0 Å². The standard InChI is InChI=1S/C17H18N2O3S/c1-23(20,21)12-15(13-7-3-2-4-8-13)18-11-17-19-14-9-5-6-10-16(14)22-17/h2-10,15,18H,11-12H2,1H3/t15-/m0/s1. The fourth-order valence-electron chi connectivity index (χ4n) is 2.47. The molecule has 1 aromatic heterocycles. The zero-order valence-electron chi connectivity index (χ0n) is 12.8. The molecule has 0 amide bonds. The molecule has 0 aliphatic carbocycles. The van der Waals surface area contributed by atoms with Gasteiger partial charge in [-0.3, -0.25) is 0 Å². The predicted octanol–water partition coefficient (Wildman–Crippen LogP) is 2.70. The van der Waals surface area contributed by atoms with E-state index < -0.39 is 9.84 Å². The highest BCUT2D eigenvalue weighted by atomic mass is 32.2. The number of para-hydroxylation sites is 2. The number of oxazole rings is 1. The average molecular weight is 330 g/mol. The summed E-state index contributed by atoms with van der Waals surface area (Å²) in [4.78, 5) is 4.40. The lowest BCUT2D eigenvalue weighted by atomic mass is 10.1. The van der Waals surface area contributed by atoms with Crippen LogP contribution >= 0.6 is 0 Å². The summed E-state index contributed by atoms with van der Waals surface area (Å²) in [5.41, 5.74) is 2.45. The molecule has 0 unspecified atom stereocenters. The predicted molar refractivity (Wildman–Crippen MR) is 89.7 cm³/mol. The van der Waals surface area contributed by atoms with Gasteiger partial charge in [0.15, 0.2) is 5.58 Å². The fourth-order valence-corrected chi connectivity index (χ4v) is 3.38. The van der Waals surface area contributed by atoms with Crippen molar-refractivity contribution in [1.29, 1.82) is 0 Å². The minimum atomic E-state index is -3.11. The van der Waals surface area contributed by atoms with Gasteiger partial charge in [0.05, 0.1) is 12.3 Å². The normalized spacial score (nSPS) is 13.3. The van der Waals surface area contributed by atoms with Crippen molar-refractivity contribution in [3.05, 3.63) is 66.1 Å². The Morgan fingerprint density at radius 2 is 1.78 bits per heavy atom. The van der Waals surface area contributed by atoms with Gasteiger partial charge in [-0.15, -0.1) is 0 Å². The number of nitrogens with zero attached hydrogens (tertiary/aromatic N) is 1. The Bertz CT molecular complexity index is 855. The lowest BCUT2D eigenvalue weighted by Gasteiger charge is -2.17. The van der Waals surface area contributed by atoms with Crippen LogP contribution in [0.2, 0.25) is 0 Å². The minimum absolute atomic E-state index is 0.0250. The second-order valence-corrected chi connectivity index (χ2v) is 7.70. The van der Waals surface area contributed by atoms with Gasteiger partial charge in [0.1, 0.15) is 15.4 Å². The Hall–Kier alpha value is -2.18. The van der Waals surface area contributed by atoms with Crippen LogP contribution < -0.4 is 5.32 Å². The van der Waals surface area contributed by atoms with Crippen LogP contribution in [0, 0.1) is 0 Å². The maximum atomic E-state index is 11.7. The maximum absolute atomic E-state index is 11.7. The van der Waals surface area contributed by atoms with Crippen molar-refractivity contribution in [3.63, 3.8) is 0 Å². The van der Waals surface area contributed by atoms with Crippen molar-refractivity contribution in [2.24, 2.45) is 0 Å². The van der Waals surface area contributed by atoms with E-state index in [1.165, 1.54) is 6.26 Å². The van der Waals surface area contributed by atoms with E-state index in [0.29, 0.717) is 12.4 Å². The molecular weight excluding hydrogens is 312 g/mol. The van der Waals surface area contributed by atoms with Gasteiger partial charge in [-0.1, -0.05) is 42.5 Å². The first-order valence-corrected chi connectivity index (χ1v) is 9.38. The van der Waals surface area contributed by atoms with Crippen molar-refractivity contribution in [3.8, 4) is 0 Å². The van der Waals surface area contributed by atoms with Crippen LogP contribution in [0.15, 0.2) is 59.0 Å². The van der Waals surface area contributed by atoms with E-state index in [-0.39, 0.29) is 11.8 Å². The number of nitrogens with one attached hydrogen (secondary N) is 1. The molecule has 6 heteroatoms. The largest absolute Gasteiger partial charge is 0.439 e. The van der Waals surface area contributed by atoms with E-state index >= 15 is 0 Å². The molecular formula is C17H18N2O3S. The highest BCUT2D eigenvalue weighted by molar-refractivity contribution is 7.90. The second-order valence-electron chi connectivity index (χ2n) is 5.51. The molecule has 120 valence electrons. The zero-order valence-corrected chi connectivity index (χ0v) is 13.6. The van der Waals surface area contributed by atoms with Crippen LogP contribution in [-0.4, -0.2) is 25.4 Å². The van der Waals surface area contributed by atoms with Crippen molar-refractivity contribution in [2.75, 3.05) is 12.0 Å². The summed E-state index contributed by atoms with van der Waals surface area (Å²) in [6.45, 7) is 0.365. The molecule has 1 heterocycles. The molecule has 0 aliphatic heterocycles. The second kappa shape index (κ2) is 6.52. The number of rotatable bonds is 6. The molecule has 0 saturated heterocycles. The number of hydrogen-bond donors (Lipinski definition) is 1. The molecule has 1 atom stereocenters. The van der Waals surface area contributed by atoms with E-state index in [1.807, 2.05) is 54.6 Å². The Kier molecular flexibility index (Phi) is 4.45. The van der Waals surface area contributed by atoms with Crippen molar-refractivity contribution < 1.29 is 12.8 Å². The van der Waals surface area contributed by atoms with Crippen LogP contribution in [0.1, 0.15) is 17.5 Å². The molecule has 5 nitrogen and oxygen atoms in total. The summed E-state index contributed by atoms with van der Waals surface area (Å²) in [6, 6.07) is 16.7. The average Bonchev–Trinajstić information content (AvgIpc) is 2.94. The molecule has 0 bridgehead atoms. The highest BCUT2D eigenvalue weighted by Crippen LogP contribution is 2.18. The fraction of sp³-hybridized carbons (Fsp3) is 0.235. The third kappa shape index (κ3) is 4.18. The highest BCUT2D eigenvalue weighted by Gasteiger charge is 2.18. The van der Waals surface area contributed by atoms with Gasteiger partial charge in [-0.25, -0.2) is 13.4 Å². The van der Waals surface area contributed by atoms with Crippen LogP contribution in [0.4, 0.5) is 0 Å². The summed E-state index contributed by atoms with van der Waals surface area (Å²) in [6.07, 6.45) is 1.24. The molecule has 3 rings (SSSR count). The quantitative estimate of drug-likeness (QED) is 0.752. The van der Waals surface area contributed by atoms with Crippen molar-refractivity contribution in [2.45, 2.75) is 12.6 Å². The van der Waals surface area contributed by atoms with Gasteiger partial charge < -0.3 is 9.73 Å². The van der Waals surface area contributed by atoms with E-state index in [2.05, 4.69) is 10.3 Å². The van der Waals surface area contributed by atoms with Crippen LogP contribution in [0.25, 0.3) is 11.1 Å². The first-order chi connectivity index (χ1) is 11.0. The van der Waals surface area contributed by atoms with E-state index in [0.717, 1.165) is 16.7 Å².